The number of hydrogen-bond acceptors (Lipinski definition) is 1. The third-order valence-electron chi connectivity index (χ3n) is 2.16. The lowest BCUT2D eigenvalue weighted by molar-refractivity contribution is 0.254. The lowest BCUT2D eigenvalue weighted by Crippen LogP contribution is -2.26. The lowest BCUT2D eigenvalue weighted by Gasteiger charge is -2.09. The first-order valence-electron chi connectivity index (χ1n) is 5.32. The highest BCUT2D eigenvalue weighted by Gasteiger charge is 2.02. The monoisotopic (exact) mass is 218 g/mol. The molecular formula is C13H18N2O. The first-order valence-corrected chi connectivity index (χ1v) is 5.32. The molecule has 0 heterocycles. The Bertz CT molecular complexity index is 379. The number of anilines is 1. The van der Waals surface area contributed by atoms with Gasteiger partial charge in [-0.15, -0.1) is 0 Å². The fraction of sp³-hybridized carbons (Fsp3) is 0.308. The van der Waals surface area contributed by atoms with Crippen LogP contribution in [0, 0.1) is 0 Å². The van der Waals surface area contributed by atoms with E-state index in [1.54, 1.807) is 6.92 Å². The highest BCUT2D eigenvalue weighted by atomic mass is 16.2. The van der Waals surface area contributed by atoms with Crippen LogP contribution in [0.25, 0.3) is 0 Å². The summed E-state index contributed by atoms with van der Waals surface area (Å²) in [6.07, 6.45) is 0. The number of rotatable bonds is 3. The molecule has 0 atom stereocenters. The smallest absolute Gasteiger partial charge is 0.312 e. The second-order valence-corrected chi connectivity index (χ2v) is 4.14. The molecule has 2 amide bonds. The van der Waals surface area contributed by atoms with Crippen LogP contribution in [-0.4, -0.2) is 6.03 Å². The Balaban J connectivity index is 2.62. The number of carbonyl (C=O) groups is 1. The van der Waals surface area contributed by atoms with E-state index in [-0.39, 0.29) is 6.03 Å². The zero-order chi connectivity index (χ0) is 12.1. The van der Waals surface area contributed by atoms with Gasteiger partial charge in [0.1, 0.15) is 0 Å². The second-order valence-electron chi connectivity index (χ2n) is 4.14. The SMILES string of the molecule is C=C(C)NC(=O)Nc1ccc(C(C)C)cc1. The summed E-state index contributed by atoms with van der Waals surface area (Å²) in [5.41, 5.74) is 2.66. The molecular weight excluding hydrogens is 200 g/mol. The summed E-state index contributed by atoms with van der Waals surface area (Å²) < 4.78 is 0. The highest BCUT2D eigenvalue weighted by molar-refractivity contribution is 5.90. The molecule has 0 unspecified atom stereocenters. The van der Waals surface area contributed by atoms with E-state index in [1.165, 1.54) is 5.56 Å². The Morgan fingerprint density at radius 1 is 1.25 bits per heavy atom. The first-order chi connectivity index (χ1) is 7.49. The molecule has 2 N–H and O–H groups in total. The van der Waals surface area contributed by atoms with Crippen molar-refractivity contribution in [2.45, 2.75) is 26.7 Å². The Morgan fingerprint density at radius 2 is 1.81 bits per heavy atom. The van der Waals surface area contributed by atoms with Gasteiger partial charge in [-0.2, -0.15) is 0 Å². The quantitative estimate of drug-likeness (QED) is 0.801. The molecule has 0 saturated heterocycles. The lowest BCUT2D eigenvalue weighted by atomic mass is 10.0. The standard InChI is InChI=1S/C13H18N2O/c1-9(2)11-5-7-12(8-6-11)15-13(16)14-10(3)4/h5-9H,3H2,1-2,4H3,(H2,14,15,16). The van der Waals surface area contributed by atoms with Crippen LogP contribution in [0.3, 0.4) is 0 Å². The third kappa shape index (κ3) is 3.77. The number of benzene rings is 1. The van der Waals surface area contributed by atoms with Gasteiger partial charge in [-0.3, -0.25) is 0 Å². The van der Waals surface area contributed by atoms with Gasteiger partial charge in [0, 0.05) is 11.4 Å². The molecule has 3 heteroatoms. The van der Waals surface area contributed by atoms with Gasteiger partial charge in [0.2, 0.25) is 0 Å². The van der Waals surface area contributed by atoms with Crippen molar-refractivity contribution in [3.05, 3.63) is 42.1 Å². The van der Waals surface area contributed by atoms with Crippen molar-refractivity contribution in [1.29, 1.82) is 0 Å². The molecule has 0 bridgehead atoms. The predicted octanol–water partition coefficient (Wildman–Crippen LogP) is 3.47. The summed E-state index contributed by atoms with van der Waals surface area (Å²) in [6, 6.07) is 7.56. The van der Waals surface area contributed by atoms with Crippen LogP contribution in [0.1, 0.15) is 32.3 Å². The predicted molar refractivity (Wildman–Crippen MR) is 67.5 cm³/mol. The molecule has 0 aliphatic carbocycles. The minimum absolute atomic E-state index is 0.259. The fourth-order valence-corrected chi connectivity index (χ4v) is 1.31. The van der Waals surface area contributed by atoms with Crippen molar-refractivity contribution < 1.29 is 4.79 Å². The molecule has 0 saturated carbocycles. The van der Waals surface area contributed by atoms with Gasteiger partial charge >= 0.3 is 6.03 Å². The number of allylic oxidation sites excluding steroid dienone is 1. The Morgan fingerprint density at radius 3 is 2.25 bits per heavy atom. The van der Waals surface area contributed by atoms with Gasteiger partial charge in [0.15, 0.2) is 0 Å². The van der Waals surface area contributed by atoms with Crippen LogP contribution in [0.4, 0.5) is 10.5 Å². The van der Waals surface area contributed by atoms with E-state index in [2.05, 4.69) is 31.1 Å². The topological polar surface area (TPSA) is 41.1 Å². The van der Waals surface area contributed by atoms with Crippen molar-refractivity contribution in [1.82, 2.24) is 5.32 Å². The van der Waals surface area contributed by atoms with Gasteiger partial charge in [-0.1, -0.05) is 32.6 Å². The summed E-state index contributed by atoms with van der Waals surface area (Å²) >= 11 is 0. The van der Waals surface area contributed by atoms with Crippen LogP contribution in [0.15, 0.2) is 36.5 Å². The van der Waals surface area contributed by atoms with E-state index >= 15 is 0 Å². The minimum Gasteiger partial charge on any atom is -0.312 e. The Hall–Kier alpha value is -1.77. The maximum absolute atomic E-state index is 11.4. The van der Waals surface area contributed by atoms with Crippen LogP contribution in [0.5, 0.6) is 0 Å². The molecule has 0 aromatic heterocycles. The average molecular weight is 218 g/mol. The number of nitrogens with one attached hydrogen (secondary N) is 2. The van der Waals surface area contributed by atoms with Gasteiger partial charge in [-0.25, -0.2) is 4.79 Å². The molecule has 3 nitrogen and oxygen atoms in total. The zero-order valence-corrected chi connectivity index (χ0v) is 10.0. The first kappa shape index (κ1) is 12.3. The van der Waals surface area contributed by atoms with Crippen molar-refractivity contribution >= 4 is 11.7 Å². The van der Waals surface area contributed by atoms with Gasteiger partial charge in [0.05, 0.1) is 0 Å². The minimum atomic E-state index is -0.259. The molecule has 1 rings (SSSR count). The second kappa shape index (κ2) is 5.35. The maximum Gasteiger partial charge on any atom is 0.323 e. The molecule has 0 aliphatic rings. The van der Waals surface area contributed by atoms with E-state index in [9.17, 15) is 4.79 Å². The Labute approximate surface area is 96.6 Å². The number of carbonyl (C=O) groups excluding carboxylic acids is 1. The average Bonchev–Trinajstić information content (AvgIpc) is 2.16. The molecule has 1 aromatic rings. The van der Waals surface area contributed by atoms with Gasteiger partial charge < -0.3 is 10.6 Å². The van der Waals surface area contributed by atoms with E-state index in [0.29, 0.717) is 11.6 Å². The fourth-order valence-electron chi connectivity index (χ4n) is 1.31. The van der Waals surface area contributed by atoms with Crippen molar-refractivity contribution in [2.75, 3.05) is 5.32 Å². The summed E-state index contributed by atoms with van der Waals surface area (Å²) in [5.74, 6) is 0.498. The van der Waals surface area contributed by atoms with Crippen LogP contribution < -0.4 is 10.6 Å². The molecule has 0 spiro atoms. The molecule has 16 heavy (non-hydrogen) atoms. The molecule has 0 aliphatic heterocycles. The van der Waals surface area contributed by atoms with Gasteiger partial charge in [0.25, 0.3) is 0 Å². The largest absolute Gasteiger partial charge is 0.323 e. The van der Waals surface area contributed by atoms with Gasteiger partial charge in [-0.05, 0) is 30.5 Å². The van der Waals surface area contributed by atoms with Crippen molar-refractivity contribution in [2.24, 2.45) is 0 Å². The summed E-state index contributed by atoms with van der Waals surface area (Å²) in [6.45, 7) is 9.61. The normalized spacial score (nSPS) is 10.0. The molecule has 86 valence electrons. The number of hydrogen-bond donors (Lipinski definition) is 2. The number of amides is 2. The van der Waals surface area contributed by atoms with Crippen molar-refractivity contribution in [3.63, 3.8) is 0 Å². The van der Waals surface area contributed by atoms with Crippen LogP contribution >= 0.6 is 0 Å². The molecule has 1 aromatic carbocycles. The summed E-state index contributed by atoms with van der Waals surface area (Å²) in [7, 11) is 0. The maximum atomic E-state index is 11.4. The number of urea groups is 1. The van der Waals surface area contributed by atoms with E-state index in [0.717, 1.165) is 5.69 Å². The van der Waals surface area contributed by atoms with E-state index < -0.39 is 0 Å². The third-order valence-corrected chi connectivity index (χ3v) is 2.16. The molecule has 0 radical (unpaired) electrons. The summed E-state index contributed by atoms with van der Waals surface area (Å²) in [4.78, 5) is 11.4. The van der Waals surface area contributed by atoms with Crippen molar-refractivity contribution in [3.8, 4) is 0 Å². The zero-order valence-electron chi connectivity index (χ0n) is 10.0. The molecule has 0 fully saturated rings. The highest BCUT2D eigenvalue weighted by Crippen LogP contribution is 2.16. The van der Waals surface area contributed by atoms with Crippen LogP contribution in [-0.2, 0) is 0 Å². The Kier molecular flexibility index (Phi) is 4.11. The van der Waals surface area contributed by atoms with E-state index in [4.69, 9.17) is 0 Å². The van der Waals surface area contributed by atoms with E-state index in [1.807, 2.05) is 24.3 Å². The summed E-state index contributed by atoms with van der Waals surface area (Å²) in [5, 5.41) is 5.31. The van der Waals surface area contributed by atoms with Crippen LogP contribution in [0.2, 0.25) is 0 Å².